The molecule has 0 saturated carbocycles. The first-order valence-electron chi connectivity index (χ1n) is 6.24. The molecule has 104 valence electrons. The lowest BCUT2D eigenvalue weighted by Crippen LogP contribution is -2.41. The minimum Gasteiger partial charge on any atom is -0.495 e. The van der Waals surface area contributed by atoms with Crippen molar-refractivity contribution in [2.75, 3.05) is 11.8 Å². The molecular formula is C13H20BNO3S. The van der Waals surface area contributed by atoms with E-state index in [1.165, 1.54) is 0 Å². The van der Waals surface area contributed by atoms with Crippen molar-refractivity contribution in [2.45, 2.75) is 38.9 Å². The first-order chi connectivity index (χ1) is 8.80. The Balaban J connectivity index is 2.30. The molecule has 19 heavy (non-hydrogen) atoms. The van der Waals surface area contributed by atoms with E-state index in [-0.39, 0.29) is 18.3 Å². The molecule has 1 fully saturated rings. The number of ether oxygens (including phenoxy) is 1. The Morgan fingerprint density at radius 3 is 2.21 bits per heavy atom. The molecule has 0 radical (unpaired) electrons. The van der Waals surface area contributed by atoms with Crippen molar-refractivity contribution in [3.8, 4) is 5.75 Å². The van der Waals surface area contributed by atoms with Crippen LogP contribution in [0.3, 0.4) is 0 Å². The van der Waals surface area contributed by atoms with Crippen LogP contribution in [0.1, 0.15) is 27.7 Å². The van der Waals surface area contributed by atoms with Gasteiger partial charge in [0.15, 0.2) is 0 Å². The molecule has 1 aromatic rings. The summed E-state index contributed by atoms with van der Waals surface area (Å²) in [5.41, 5.74) is 1.06. The third-order valence-electron chi connectivity index (χ3n) is 3.87. The molecule has 1 aliphatic heterocycles. The quantitative estimate of drug-likeness (QED) is 0.658. The van der Waals surface area contributed by atoms with E-state index in [1.54, 1.807) is 7.11 Å². The van der Waals surface area contributed by atoms with E-state index in [0.29, 0.717) is 5.75 Å². The van der Waals surface area contributed by atoms with Gasteiger partial charge in [0.25, 0.3) is 0 Å². The fourth-order valence-corrected chi connectivity index (χ4v) is 2.11. The van der Waals surface area contributed by atoms with Gasteiger partial charge in [0, 0.05) is 0 Å². The highest BCUT2D eigenvalue weighted by Crippen LogP contribution is 2.37. The molecule has 0 aromatic heterocycles. The van der Waals surface area contributed by atoms with Crippen LogP contribution < -0.4 is 14.9 Å². The molecule has 6 heteroatoms. The van der Waals surface area contributed by atoms with Crippen LogP contribution in [0.2, 0.25) is 0 Å². The molecule has 1 heterocycles. The van der Waals surface area contributed by atoms with E-state index < -0.39 is 0 Å². The largest absolute Gasteiger partial charge is 0.495 e. The maximum Gasteiger partial charge on any atom is 0.494 e. The number of hydrogen-bond acceptors (Lipinski definition) is 5. The van der Waals surface area contributed by atoms with Gasteiger partial charge in [-0.05, 0) is 45.3 Å². The number of rotatable bonds is 3. The van der Waals surface area contributed by atoms with Crippen LogP contribution >= 0.6 is 12.8 Å². The number of methoxy groups -OCH3 is 1. The Bertz CT molecular complexity index is 463. The summed E-state index contributed by atoms with van der Waals surface area (Å²) in [5.74, 6) is 0.710. The number of thiol groups is 1. The van der Waals surface area contributed by atoms with Crippen molar-refractivity contribution >= 4 is 31.1 Å². The molecule has 1 saturated heterocycles. The van der Waals surface area contributed by atoms with Gasteiger partial charge >= 0.3 is 7.12 Å². The molecular weight excluding hydrogens is 261 g/mol. The van der Waals surface area contributed by atoms with Crippen LogP contribution in [0.5, 0.6) is 5.75 Å². The average Bonchev–Trinajstić information content (AvgIpc) is 2.57. The van der Waals surface area contributed by atoms with Gasteiger partial charge in [-0.15, -0.1) is 0 Å². The fraction of sp³-hybridized carbons (Fsp3) is 0.538. The zero-order valence-electron chi connectivity index (χ0n) is 12.0. The maximum absolute atomic E-state index is 6.01. The molecule has 1 aromatic carbocycles. The Morgan fingerprint density at radius 1 is 1.16 bits per heavy atom. The number of benzene rings is 1. The van der Waals surface area contributed by atoms with Crippen molar-refractivity contribution in [1.29, 1.82) is 0 Å². The van der Waals surface area contributed by atoms with E-state index >= 15 is 0 Å². The monoisotopic (exact) mass is 281 g/mol. The van der Waals surface area contributed by atoms with Crippen LogP contribution in [-0.4, -0.2) is 25.4 Å². The third kappa shape index (κ3) is 2.57. The smallest absolute Gasteiger partial charge is 0.494 e. The molecule has 0 amide bonds. The van der Waals surface area contributed by atoms with Gasteiger partial charge in [-0.1, -0.05) is 18.9 Å². The summed E-state index contributed by atoms with van der Waals surface area (Å²) in [6.45, 7) is 8.14. The Kier molecular flexibility index (Phi) is 3.77. The second-order valence-electron chi connectivity index (χ2n) is 5.66. The fourth-order valence-electron chi connectivity index (χ4n) is 1.93. The highest BCUT2D eigenvalue weighted by molar-refractivity contribution is 7.81. The number of anilines is 1. The lowest BCUT2D eigenvalue weighted by atomic mass is 9.79. The zero-order valence-corrected chi connectivity index (χ0v) is 12.9. The average molecular weight is 281 g/mol. The van der Waals surface area contributed by atoms with Gasteiger partial charge in [-0.25, -0.2) is 0 Å². The standard InChI is InChI=1S/C13H20BNO3S/c1-12(2)13(3,4)18-14(17-12)9-6-7-10(15-19)11(8-9)16-5/h6-8,15,19H,1-5H3. The number of nitrogens with one attached hydrogen (secondary N) is 1. The summed E-state index contributed by atoms with van der Waals surface area (Å²) in [4.78, 5) is 0. The van der Waals surface area contributed by atoms with Gasteiger partial charge in [-0.2, -0.15) is 0 Å². The van der Waals surface area contributed by atoms with Crippen molar-refractivity contribution in [3.05, 3.63) is 18.2 Å². The summed E-state index contributed by atoms with van der Waals surface area (Å²) in [6, 6.07) is 5.75. The van der Waals surface area contributed by atoms with Crippen LogP contribution in [0, 0.1) is 0 Å². The highest BCUT2D eigenvalue weighted by atomic mass is 32.1. The molecule has 0 unspecified atom stereocenters. The predicted octanol–water partition coefficient (Wildman–Crippen LogP) is 2.25. The summed E-state index contributed by atoms with van der Waals surface area (Å²) >= 11 is 4.04. The van der Waals surface area contributed by atoms with E-state index in [1.807, 2.05) is 45.9 Å². The summed E-state index contributed by atoms with van der Waals surface area (Å²) < 4.78 is 20.1. The van der Waals surface area contributed by atoms with Gasteiger partial charge in [0.05, 0.1) is 24.0 Å². The Hall–Kier alpha value is -0.845. The lowest BCUT2D eigenvalue weighted by Gasteiger charge is -2.32. The molecule has 2 rings (SSSR count). The summed E-state index contributed by atoms with van der Waals surface area (Å²) in [5, 5.41) is 0. The summed E-state index contributed by atoms with van der Waals surface area (Å²) in [6.07, 6.45) is 0. The molecule has 4 nitrogen and oxygen atoms in total. The third-order valence-corrected chi connectivity index (χ3v) is 4.11. The van der Waals surface area contributed by atoms with Gasteiger partial charge in [-0.3, -0.25) is 0 Å². The molecule has 0 spiro atoms. The van der Waals surface area contributed by atoms with Crippen molar-refractivity contribution in [1.82, 2.24) is 0 Å². The summed E-state index contributed by atoms with van der Waals surface area (Å²) in [7, 11) is 1.24. The first kappa shape index (κ1) is 14.6. The topological polar surface area (TPSA) is 39.7 Å². The van der Waals surface area contributed by atoms with E-state index in [4.69, 9.17) is 14.0 Å². The van der Waals surface area contributed by atoms with E-state index in [0.717, 1.165) is 11.2 Å². The van der Waals surface area contributed by atoms with E-state index in [2.05, 4.69) is 17.5 Å². The van der Waals surface area contributed by atoms with Crippen molar-refractivity contribution in [2.24, 2.45) is 0 Å². The van der Waals surface area contributed by atoms with Crippen LogP contribution in [0.4, 0.5) is 5.69 Å². The first-order valence-corrected chi connectivity index (χ1v) is 6.69. The van der Waals surface area contributed by atoms with Crippen LogP contribution in [0.15, 0.2) is 18.2 Å². The molecule has 0 bridgehead atoms. The van der Waals surface area contributed by atoms with Crippen LogP contribution in [-0.2, 0) is 9.31 Å². The van der Waals surface area contributed by atoms with Gasteiger partial charge < -0.3 is 18.8 Å². The maximum atomic E-state index is 6.01. The van der Waals surface area contributed by atoms with Crippen molar-refractivity contribution in [3.63, 3.8) is 0 Å². The van der Waals surface area contributed by atoms with E-state index in [9.17, 15) is 0 Å². The Labute approximate surface area is 120 Å². The van der Waals surface area contributed by atoms with Gasteiger partial charge in [0.1, 0.15) is 5.75 Å². The predicted molar refractivity (Wildman–Crippen MR) is 81.3 cm³/mol. The molecule has 1 aliphatic rings. The molecule has 1 N–H and O–H groups in total. The Morgan fingerprint density at radius 2 is 1.74 bits per heavy atom. The highest BCUT2D eigenvalue weighted by Gasteiger charge is 2.51. The zero-order chi connectivity index (χ0) is 14.3. The van der Waals surface area contributed by atoms with Gasteiger partial charge in [0.2, 0.25) is 0 Å². The second kappa shape index (κ2) is 4.92. The van der Waals surface area contributed by atoms with Crippen LogP contribution in [0.25, 0.3) is 0 Å². The SMILES string of the molecule is COc1cc(B2OC(C)(C)C(C)(C)O2)ccc1NS. The molecule has 0 aliphatic carbocycles. The lowest BCUT2D eigenvalue weighted by molar-refractivity contribution is 0.00578. The normalized spacial score (nSPS) is 20.4. The van der Waals surface area contributed by atoms with Crippen molar-refractivity contribution < 1.29 is 14.0 Å². The second-order valence-corrected chi connectivity index (χ2v) is 5.88. The minimum atomic E-state index is -0.382. The molecule has 0 atom stereocenters. The minimum absolute atomic E-state index is 0.342. The number of hydrogen-bond donors (Lipinski definition) is 2.